The van der Waals surface area contributed by atoms with Gasteiger partial charge >= 0.3 is 0 Å². The number of aromatic nitrogens is 2. The van der Waals surface area contributed by atoms with Crippen molar-refractivity contribution in [1.29, 1.82) is 0 Å². The van der Waals surface area contributed by atoms with Gasteiger partial charge in [-0.1, -0.05) is 51.1 Å². The molecule has 1 aromatic carbocycles. The SMILES string of the molecule is CC(CC(O)c1ccccc1)Nc1nc(C(C)(C)C)ns1. The van der Waals surface area contributed by atoms with Crippen LogP contribution in [0.2, 0.25) is 0 Å². The average Bonchev–Trinajstić information content (AvgIpc) is 2.88. The smallest absolute Gasteiger partial charge is 0.202 e. The van der Waals surface area contributed by atoms with Crippen molar-refractivity contribution in [2.45, 2.75) is 51.7 Å². The van der Waals surface area contributed by atoms with Crippen LogP contribution in [0.25, 0.3) is 0 Å². The number of hydrogen-bond donors (Lipinski definition) is 2. The first-order valence-electron chi connectivity index (χ1n) is 7.20. The van der Waals surface area contributed by atoms with E-state index in [1.807, 2.05) is 37.3 Å². The number of nitrogens with one attached hydrogen (secondary N) is 1. The molecule has 0 saturated heterocycles. The van der Waals surface area contributed by atoms with Crippen molar-refractivity contribution in [3.05, 3.63) is 41.7 Å². The van der Waals surface area contributed by atoms with E-state index in [2.05, 4.69) is 35.4 Å². The number of anilines is 1. The van der Waals surface area contributed by atoms with Gasteiger partial charge < -0.3 is 10.4 Å². The van der Waals surface area contributed by atoms with E-state index < -0.39 is 6.10 Å². The first kappa shape index (κ1) is 15.9. The molecule has 0 saturated carbocycles. The molecule has 114 valence electrons. The van der Waals surface area contributed by atoms with Crippen molar-refractivity contribution in [3.8, 4) is 0 Å². The summed E-state index contributed by atoms with van der Waals surface area (Å²) in [6, 6.07) is 9.85. The van der Waals surface area contributed by atoms with Gasteiger partial charge in [0.15, 0.2) is 0 Å². The molecule has 0 aliphatic carbocycles. The van der Waals surface area contributed by atoms with Gasteiger partial charge in [-0.2, -0.15) is 4.37 Å². The molecular formula is C16H23N3OS. The zero-order valence-corrected chi connectivity index (χ0v) is 13.8. The highest BCUT2D eigenvalue weighted by atomic mass is 32.1. The third-order valence-corrected chi connectivity index (χ3v) is 3.87. The third kappa shape index (κ3) is 4.51. The molecule has 2 N–H and O–H groups in total. The molecule has 2 rings (SSSR count). The molecule has 0 radical (unpaired) electrons. The largest absolute Gasteiger partial charge is 0.388 e. The Labute approximate surface area is 130 Å². The van der Waals surface area contributed by atoms with E-state index in [9.17, 15) is 5.11 Å². The zero-order chi connectivity index (χ0) is 15.5. The highest BCUT2D eigenvalue weighted by Gasteiger charge is 2.20. The van der Waals surface area contributed by atoms with Gasteiger partial charge in [-0.05, 0) is 18.9 Å². The van der Waals surface area contributed by atoms with Gasteiger partial charge in [-0.15, -0.1) is 0 Å². The Bertz CT molecular complexity index is 562. The van der Waals surface area contributed by atoms with E-state index in [0.29, 0.717) is 6.42 Å². The average molecular weight is 305 g/mol. The number of nitrogens with zero attached hydrogens (tertiary/aromatic N) is 2. The van der Waals surface area contributed by atoms with Crippen LogP contribution in [0.5, 0.6) is 0 Å². The van der Waals surface area contributed by atoms with Crippen LogP contribution in [0.1, 0.15) is 51.6 Å². The molecule has 0 spiro atoms. The van der Waals surface area contributed by atoms with E-state index in [1.165, 1.54) is 11.5 Å². The molecule has 5 heteroatoms. The Morgan fingerprint density at radius 3 is 2.48 bits per heavy atom. The molecule has 0 aliphatic rings. The number of hydrogen-bond acceptors (Lipinski definition) is 5. The molecule has 1 heterocycles. The normalized spacial score (nSPS) is 14.7. The first-order chi connectivity index (χ1) is 9.86. The Kier molecular flexibility index (Phi) is 4.96. The van der Waals surface area contributed by atoms with Crippen LogP contribution in [-0.4, -0.2) is 20.5 Å². The van der Waals surface area contributed by atoms with Crippen LogP contribution in [0.3, 0.4) is 0 Å². The van der Waals surface area contributed by atoms with Gasteiger partial charge in [0.25, 0.3) is 0 Å². The van der Waals surface area contributed by atoms with Crippen LogP contribution in [0.4, 0.5) is 5.13 Å². The second kappa shape index (κ2) is 6.54. The van der Waals surface area contributed by atoms with Gasteiger partial charge in [0.05, 0.1) is 6.10 Å². The van der Waals surface area contributed by atoms with Crippen molar-refractivity contribution >= 4 is 16.7 Å². The summed E-state index contributed by atoms with van der Waals surface area (Å²) in [6.45, 7) is 8.34. The predicted octanol–water partition coefficient (Wildman–Crippen LogP) is 3.76. The Hall–Kier alpha value is -1.46. The van der Waals surface area contributed by atoms with Gasteiger partial charge in [-0.25, -0.2) is 4.98 Å². The van der Waals surface area contributed by atoms with E-state index >= 15 is 0 Å². The fraction of sp³-hybridized carbons (Fsp3) is 0.500. The first-order valence-corrected chi connectivity index (χ1v) is 7.97. The minimum Gasteiger partial charge on any atom is -0.388 e. The summed E-state index contributed by atoms with van der Waals surface area (Å²) >= 11 is 1.37. The van der Waals surface area contributed by atoms with Gasteiger partial charge in [0.1, 0.15) is 5.82 Å². The third-order valence-electron chi connectivity index (χ3n) is 3.23. The number of aliphatic hydroxyl groups is 1. The second-order valence-electron chi connectivity index (χ2n) is 6.38. The summed E-state index contributed by atoms with van der Waals surface area (Å²) in [4.78, 5) is 4.52. The Morgan fingerprint density at radius 1 is 1.24 bits per heavy atom. The molecule has 2 unspecified atom stereocenters. The summed E-state index contributed by atoms with van der Waals surface area (Å²) in [5, 5.41) is 14.4. The lowest BCUT2D eigenvalue weighted by atomic mass is 9.96. The van der Waals surface area contributed by atoms with Crippen LogP contribution in [0, 0.1) is 0 Å². The van der Waals surface area contributed by atoms with E-state index in [1.54, 1.807) is 0 Å². The van der Waals surface area contributed by atoms with Crippen molar-refractivity contribution < 1.29 is 5.11 Å². The van der Waals surface area contributed by atoms with Crippen molar-refractivity contribution in [3.63, 3.8) is 0 Å². The van der Waals surface area contributed by atoms with Crippen molar-refractivity contribution in [1.82, 2.24) is 9.36 Å². The summed E-state index contributed by atoms with van der Waals surface area (Å²) < 4.78 is 4.38. The van der Waals surface area contributed by atoms with Crippen LogP contribution < -0.4 is 5.32 Å². The number of benzene rings is 1. The topological polar surface area (TPSA) is 58.0 Å². The lowest BCUT2D eigenvalue weighted by Crippen LogP contribution is -2.19. The summed E-state index contributed by atoms with van der Waals surface area (Å²) in [7, 11) is 0. The maximum atomic E-state index is 10.2. The van der Waals surface area contributed by atoms with Gasteiger partial charge in [-0.3, -0.25) is 0 Å². The molecular weight excluding hydrogens is 282 g/mol. The van der Waals surface area contributed by atoms with E-state index in [4.69, 9.17) is 0 Å². The fourth-order valence-corrected chi connectivity index (χ4v) is 2.87. The summed E-state index contributed by atoms with van der Waals surface area (Å²) in [5.41, 5.74) is 0.905. The molecule has 0 amide bonds. The molecule has 4 nitrogen and oxygen atoms in total. The minimum absolute atomic E-state index is 0.0385. The van der Waals surface area contributed by atoms with E-state index in [0.717, 1.165) is 16.5 Å². The highest BCUT2D eigenvalue weighted by molar-refractivity contribution is 7.09. The van der Waals surface area contributed by atoms with Gasteiger partial charge in [0.2, 0.25) is 5.13 Å². The van der Waals surface area contributed by atoms with E-state index in [-0.39, 0.29) is 11.5 Å². The highest BCUT2D eigenvalue weighted by Crippen LogP contribution is 2.25. The molecule has 0 aliphatic heterocycles. The summed E-state index contributed by atoms with van der Waals surface area (Å²) in [5.74, 6) is 0.853. The van der Waals surface area contributed by atoms with Crippen LogP contribution in [-0.2, 0) is 5.41 Å². The second-order valence-corrected chi connectivity index (χ2v) is 7.13. The van der Waals surface area contributed by atoms with Crippen LogP contribution >= 0.6 is 11.5 Å². The molecule has 0 bridgehead atoms. The van der Waals surface area contributed by atoms with Crippen molar-refractivity contribution in [2.24, 2.45) is 0 Å². The standard InChI is InChI=1S/C16H23N3OS/c1-11(10-13(20)12-8-6-5-7-9-12)17-15-18-14(19-21-15)16(2,3)4/h5-9,11,13,20H,10H2,1-4H3,(H,17,18,19). The van der Waals surface area contributed by atoms with Crippen LogP contribution in [0.15, 0.2) is 30.3 Å². The lowest BCUT2D eigenvalue weighted by Gasteiger charge is -2.17. The quantitative estimate of drug-likeness (QED) is 0.883. The maximum Gasteiger partial charge on any atom is 0.202 e. The monoisotopic (exact) mass is 305 g/mol. The fourth-order valence-electron chi connectivity index (χ4n) is 2.00. The summed E-state index contributed by atoms with van der Waals surface area (Å²) in [6.07, 6.45) is 0.165. The van der Waals surface area contributed by atoms with Crippen molar-refractivity contribution in [2.75, 3.05) is 5.32 Å². The van der Waals surface area contributed by atoms with Gasteiger partial charge in [0, 0.05) is 23.0 Å². The Morgan fingerprint density at radius 2 is 1.90 bits per heavy atom. The molecule has 2 aromatic rings. The minimum atomic E-state index is -0.469. The lowest BCUT2D eigenvalue weighted by molar-refractivity contribution is 0.162. The molecule has 2 atom stereocenters. The predicted molar refractivity (Wildman–Crippen MR) is 87.7 cm³/mol. The zero-order valence-electron chi connectivity index (χ0n) is 13.0. The molecule has 1 aromatic heterocycles. The number of aliphatic hydroxyl groups excluding tert-OH is 1. The molecule has 0 fully saturated rings. The maximum absolute atomic E-state index is 10.2. The molecule has 21 heavy (non-hydrogen) atoms. The Balaban J connectivity index is 1.93. The number of rotatable bonds is 5.